The third-order valence-corrected chi connectivity index (χ3v) is 4.59. The summed E-state index contributed by atoms with van der Waals surface area (Å²) in [5, 5.41) is 0. The Bertz CT molecular complexity index is 477. The van der Waals surface area contributed by atoms with Crippen molar-refractivity contribution in [3.05, 3.63) is 0 Å². The second kappa shape index (κ2) is 8.99. The van der Waals surface area contributed by atoms with E-state index in [1.54, 1.807) is 0 Å². The van der Waals surface area contributed by atoms with Gasteiger partial charge in [-0.05, 0) is 31.2 Å². The number of carbonyl (C=O) groups excluding carboxylic acids is 1. The van der Waals surface area contributed by atoms with Crippen LogP contribution in [-0.2, 0) is 14.8 Å². The summed E-state index contributed by atoms with van der Waals surface area (Å²) in [7, 11) is -3.51. The van der Waals surface area contributed by atoms with Gasteiger partial charge >= 0.3 is 0 Å². The zero-order valence-corrected chi connectivity index (χ0v) is 16.0. The quantitative estimate of drug-likeness (QED) is 0.713. The van der Waals surface area contributed by atoms with E-state index in [0.717, 1.165) is 38.9 Å². The van der Waals surface area contributed by atoms with Gasteiger partial charge in [0.15, 0.2) is 0 Å². The first-order valence-electron chi connectivity index (χ1n) is 8.56. The van der Waals surface area contributed by atoms with E-state index < -0.39 is 15.9 Å². The molecule has 1 heterocycles. The minimum atomic E-state index is -3.51. The minimum absolute atomic E-state index is 0.389. The molecule has 1 fully saturated rings. The fourth-order valence-electron chi connectivity index (χ4n) is 2.99. The van der Waals surface area contributed by atoms with Crippen LogP contribution in [0.25, 0.3) is 0 Å². The van der Waals surface area contributed by atoms with Gasteiger partial charge in [0.2, 0.25) is 10.0 Å². The van der Waals surface area contributed by atoms with Crippen molar-refractivity contribution in [1.29, 1.82) is 0 Å². The molecular weight excluding hydrogens is 314 g/mol. The van der Waals surface area contributed by atoms with Gasteiger partial charge in [-0.1, -0.05) is 27.7 Å². The summed E-state index contributed by atoms with van der Waals surface area (Å²) in [5.41, 5.74) is 0. The number of rotatable bonds is 8. The second-order valence-electron chi connectivity index (χ2n) is 7.48. The molecule has 0 spiro atoms. The number of sulfonamides is 1. The molecule has 0 unspecified atom stereocenters. The summed E-state index contributed by atoms with van der Waals surface area (Å²) < 4.78 is 24.9. The summed E-state index contributed by atoms with van der Waals surface area (Å²) in [6, 6.07) is -0.389. The SMILES string of the molecule is CC(C)CCCN1CCN(CC(C)C)[C@H](C(=O)NS(C)(=O)=O)C1. The minimum Gasteiger partial charge on any atom is -0.300 e. The molecule has 1 aliphatic rings. The maximum Gasteiger partial charge on any atom is 0.252 e. The van der Waals surface area contributed by atoms with Crippen LogP contribution in [0, 0.1) is 11.8 Å². The van der Waals surface area contributed by atoms with E-state index in [0.29, 0.717) is 18.4 Å². The third kappa shape index (κ3) is 8.13. The number of nitrogens with one attached hydrogen (secondary N) is 1. The average molecular weight is 348 g/mol. The molecule has 1 saturated heterocycles. The molecule has 0 bridgehead atoms. The van der Waals surface area contributed by atoms with Crippen LogP contribution >= 0.6 is 0 Å². The van der Waals surface area contributed by atoms with Crippen LogP contribution in [0.5, 0.6) is 0 Å². The lowest BCUT2D eigenvalue weighted by atomic mass is 10.1. The van der Waals surface area contributed by atoms with Crippen molar-refractivity contribution in [2.24, 2.45) is 11.8 Å². The standard InChI is InChI=1S/C16H33N3O3S/c1-13(2)7-6-8-18-9-10-19(11-14(3)4)15(12-18)16(20)17-23(5,21)22/h13-15H,6-12H2,1-5H3,(H,17,20)/t15-/m0/s1. The first-order chi connectivity index (χ1) is 10.6. The van der Waals surface area contributed by atoms with Gasteiger partial charge in [-0.2, -0.15) is 0 Å². The van der Waals surface area contributed by atoms with Gasteiger partial charge in [0.25, 0.3) is 5.91 Å². The Kier molecular flexibility index (Phi) is 7.97. The van der Waals surface area contributed by atoms with Gasteiger partial charge < -0.3 is 0 Å². The van der Waals surface area contributed by atoms with Crippen LogP contribution in [0.3, 0.4) is 0 Å². The van der Waals surface area contributed by atoms with Crippen LogP contribution in [0.2, 0.25) is 0 Å². The molecule has 1 atom stereocenters. The van der Waals surface area contributed by atoms with E-state index in [4.69, 9.17) is 0 Å². The van der Waals surface area contributed by atoms with Crippen molar-refractivity contribution in [3.63, 3.8) is 0 Å². The summed E-state index contributed by atoms with van der Waals surface area (Å²) in [4.78, 5) is 16.8. The van der Waals surface area contributed by atoms with Crippen molar-refractivity contribution in [1.82, 2.24) is 14.5 Å². The van der Waals surface area contributed by atoms with E-state index in [1.165, 1.54) is 6.42 Å². The molecule has 0 radical (unpaired) electrons. The lowest BCUT2D eigenvalue weighted by Crippen LogP contribution is -2.60. The number of hydrogen-bond donors (Lipinski definition) is 1. The predicted molar refractivity (Wildman–Crippen MR) is 93.7 cm³/mol. The Morgan fingerprint density at radius 1 is 1.17 bits per heavy atom. The van der Waals surface area contributed by atoms with E-state index in [1.807, 2.05) is 0 Å². The van der Waals surface area contributed by atoms with E-state index in [2.05, 4.69) is 42.2 Å². The van der Waals surface area contributed by atoms with Crippen LogP contribution in [0.15, 0.2) is 0 Å². The molecule has 1 amide bonds. The molecular formula is C16H33N3O3S. The highest BCUT2D eigenvalue weighted by atomic mass is 32.2. The Morgan fingerprint density at radius 2 is 1.83 bits per heavy atom. The second-order valence-corrected chi connectivity index (χ2v) is 9.23. The molecule has 7 heteroatoms. The lowest BCUT2D eigenvalue weighted by molar-refractivity contribution is -0.127. The molecule has 0 aromatic heterocycles. The monoisotopic (exact) mass is 347 g/mol. The summed E-state index contributed by atoms with van der Waals surface area (Å²) in [5.74, 6) is 0.722. The smallest absolute Gasteiger partial charge is 0.252 e. The molecule has 23 heavy (non-hydrogen) atoms. The Hall–Kier alpha value is -0.660. The van der Waals surface area contributed by atoms with Crippen molar-refractivity contribution in [2.75, 3.05) is 39.0 Å². The topological polar surface area (TPSA) is 69.7 Å². The number of carbonyl (C=O) groups is 1. The van der Waals surface area contributed by atoms with Crippen LogP contribution in [0.1, 0.15) is 40.5 Å². The number of hydrogen-bond acceptors (Lipinski definition) is 5. The molecule has 0 saturated carbocycles. The van der Waals surface area contributed by atoms with Crippen molar-refractivity contribution < 1.29 is 13.2 Å². The normalized spacial score (nSPS) is 21.1. The lowest BCUT2D eigenvalue weighted by Gasteiger charge is -2.41. The van der Waals surface area contributed by atoms with Crippen LogP contribution < -0.4 is 4.72 Å². The molecule has 1 aliphatic heterocycles. The van der Waals surface area contributed by atoms with Crippen molar-refractivity contribution in [3.8, 4) is 0 Å². The number of nitrogens with zero attached hydrogens (tertiary/aromatic N) is 2. The first kappa shape index (κ1) is 20.4. The molecule has 1 N–H and O–H groups in total. The fourth-order valence-corrected chi connectivity index (χ4v) is 3.49. The van der Waals surface area contributed by atoms with Gasteiger partial charge in [0.1, 0.15) is 6.04 Å². The summed E-state index contributed by atoms with van der Waals surface area (Å²) >= 11 is 0. The van der Waals surface area contributed by atoms with E-state index in [-0.39, 0.29) is 6.04 Å². The Morgan fingerprint density at radius 3 is 2.35 bits per heavy atom. The highest BCUT2D eigenvalue weighted by molar-refractivity contribution is 7.89. The predicted octanol–water partition coefficient (Wildman–Crippen LogP) is 1.14. The molecule has 136 valence electrons. The highest BCUT2D eigenvalue weighted by Crippen LogP contribution is 2.14. The van der Waals surface area contributed by atoms with E-state index >= 15 is 0 Å². The van der Waals surface area contributed by atoms with Crippen LogP contribution in [-0.4, -0.2) is 69.1 Å². The molecule has 0 aromatic carbocycles. The van der Waals surface area contributed by atoms with E-state index in [9.17, 15) is 13.2 Å². The zero-order valence-electron chi connectivity index (χ0n) is 15.2. The molecule has 1 rings (SSSR count). The summed E-state index contributed by atoms with van der Waals surface area (Å²) in [6.07, 6.45) is 3.32. The van der Waals surface area contributed by atoms with Crippen molar-refractivity contribution in [2.45, 2.75) is 46.6 Å². The number of amides is 1. The first-order valence-corrected chi connectivity index (χ1v) is 10.5. The fraction of sp³-hybridized carbons (Fsp3) is 0.938. The van der Waals surface area contributed by atoms with Gasteiger partial charge in [-0.15, -0.1) is 0 Å². The largest absolute Gasteiger partial charge is 0.300 e. The Balaban J connectivity index is 2.69. The molecule has 6 nitrogen and oxygen atoms in total. The van der Waals surface area contributed by atoms with Crippen molar-refractivity contribution >= 4 is 15.9 Å². The van der Waals surface area contributed by atoms with Gasteiger partial charge in [-0.3, -0.25) is 19.3 Å². The molecule has 0 aliphatic carbocycles. The Labute approximate surface area is 141 Å². The highest BCUT2D eigenvalue weighted by Gasteiger charge is 2.33. The zero-order chi connectivity index (χ0) is 17.6. The maximum atomic E-state index is 12.4. The summed E-state index contributed by atoms with van der Waals surface area (Å²) in [6.45, 7) is 12.8. The molecule has 0 aromatic rings. The maximum absolute atomic E-state index is 12.4. The average Bonchev–Trinajstić information content (AvgIpc) is 2.37. The number of piperazine rings is 1. The van der Waals surface area contributed by atoms with Gasteiger partial charge in [0.05, 0.1) is 6.26 Å². The van der Waals surface area contributed by atoms with Gasteiger partial charge in [-0.25, -0.2) is 8.42 Å². The van der Waals surface area contributed by atoms with Gasteiger partial charge in [0, 0.05) is 26.2 Å². The van der Waals surface area contributed by atoms with Crippen LogP contribution in [0.4, 0.5) is 0 Å². The third-order valence-electron chi connectivity index (χ3n) is 4.02.